The number of nitrogens with zero attached hydrogens (tertiary/aromatic N) is 1. The average Bonchev–Trinajstić information content (AvgIpc) is 3.46. The molecule has 3 heterocycles. The number of rotatable bonds is 6. The molecule has 2 N–H and O–H groups in total. The molecule has 5 nitrogen and oxygen atoms in total. The van der Waals surface area contributed by atoms with Crippen molar-refractivity contribution in [2.75, 3.05) is 10.6 Å². The Morgan fingerprint density at radius 3 is 2.79 bits per heavy atom. The molecule has 0 aliphatic heterocycles. The Labute approximate surface area is 195 Å². The van der Waals surface area contributed by atoms with Gasteiger partial charge in [-0.1, -0.05) is 18.2 Å². The molecule has 1 aliphatic rings. The first-order valence-corrected chi connectivity index (χ1v) is 11.8. The van der Waals surface area contributed by atoms with Crippen molar-refractivity contribution in [1.82, 2.24) is 4.98 Å². The number of carbonyl (C=O) groups excluding carboxylic acids is 1. The number of carbonyl (C=O) groups is 1. The van der Waals surface area contributed by atoms with Crippen molar-refractivity contribution < 1.29 is 13.6 Å². The smallest absolute Gasteiger partial charge is 0.291 e. The fourth-order valence-corrected chi connectivity index (χ4v) is 5.66. The summed E-state index contributed by atoms with van der Waals surface area (Å²) in [6.07, 6.45) is 7.23. The minimum absolute atomic E-state index is 0.239. The van der Waals surface area contributed by atoms with E-state index in [0.717, 1.165) is 41.8 Å². The highest BCUT2D eigenvalue weighted by Crippen LogP contribution is 2.44. The Balaban J connectivity index is 1.63. The largest absolute Gasteiger partial charge is 0.459 e. The number of thiophene rings is 1. The minimum Gasteiger partial charge on any atom is -0.459 e. The van der Waals surface area contributed by atoms with Gasteiger partial charge in [0.05, 0.1) is 12.3 Å². The number of fused-ring (bicyclic) bond motifs is 1. The summed E-state index contributed by atoms with van der Waals surface area (Å²) in [5, 5.41) is 7.22. The summed E-state index contributed by atoms with van der Waals surface area (Å²) in [6.45, 7) is 1.99. The summed E-state index contributed by atoms with van der Waals surface area (Å²) in [5.74, 6) is 0.271. The summed E-state index contributed by atoms with van der Waals surface area (Å²) in [6, 6.07) is 13.4. The molecule has 0 saturated heterocycles. The maximum absolute atomic E-state index is 15.1. The summed E-state index contributed by atoms with van der Waals surface area (Å²) in [4.78, 5) is 18.6. The van der Waals surface area contributed by atoms with Gasteiger partial charge < -0.3 is 15.1 Å². The van der Waals surface area contributed by atoms with Crippen LogP contribution in [0, 0.1) is 12.7 Å². The van der Waals surface area contributed by atoms with E-state index in [1.807, 2.05) is 25.1 Å². The molecular formula is C26H24FN3O2S. The molecule has 1 amide bonds. The number of pyridine rings is 1. The summed E-state index contributed by atoms with van der Waals surface area (Å²) >= 11 is 1.57. The van der Waals surface area contributed by atoms with Gasteiger partial charge in [-0.05, 0) is 74.1 Å². The van der Waals surface area contributed by atoms with Crippen LogP contribution in [0.25, 0.3) is 0 Å². The highest BCUT2D eigenvalue weighted by atomic mass is 32.1. The van der Waals surface area contributed by atoms with Gasteiger partial charge in [0.2, 0.25) is 0 Å². The lowest BCUT2D eigenvalue weighted by Gasteiger charge is -2.24. The lowest BCUT2D eigenvalue weighted by atomic mass is 9.89. The van der Waals surface area contributed by atoms with Crippen molar-refractivity contribution in [2.45, 2.75) is 38.6 Å². The molecule has 0 bridgehead atoms. The number of nitrogens with one attached hydrogen (secondary N) is 2. The predicted octanol–water partition coefficient (Wildman–Crippen LogP) is 6.52. The molecule has 0 spiro atoms. The number of anilines is 2. The molecule has 33 heavy (non-hydrogen) atoms. The zero-order valence-corrected chi connectivity index (χ0v) is 19.0. The number of hydrogen-bond donors (Lipinski definition) is 2. The quantitative estimate of drug-likeness (QED) is 0.343. The number of aryl methyl sites for hydroxylation is 2. The molecule has 7 heteroatoms. The molecule has 1 atom stereocenters. The standard InChI is InChI=1S/C26H24FN3O2S/c1-16-12-13-28-22(15-16)29-24(17-7-2-4-9-19(17)27)23-18-8-3-5-11-21(18)33-26(23)30-25(31)20-10-6-14-32-20/h2,4,6-7,9-10,12-15,24H,3,5,8,11H2,1H3,(H,28,29)(H,30,31)/t24-/m1/s1. The number of furan rings is 1. The van der Waals surface area contributed by atoms with Crippen LogP contribution in [0.2, 0.25) is 0 Å². The van der Waals surface area contributed by atoms with Gasteiger partial charge >= 0.3 is 0 Å². The summed E-state index contributed by atoms with van der Waals surface area (Å²) in [5.41, 5.74) is 3.66. The number of halogens is 1. The van der Waals surface area contributed by atoms with E-state index in [0.29, 0.717) is 11.4 Å². The third-order valence-electron chi connectivity index (χ3n) is 5.90. The Kier molecular flexibility index (Phi) is 5.96. The fraction of sp³-hybridized carbons (Fsp3) is 0.231. The molecule has 168 valence electrons. The van der Waals surface area contributed by atoms with Gasteiger partial charge in [0.25, 0.3) is 5.91 Å². The summed E-state index contributed by atoms with van der Waals surface area (Å²) in [7, 11) is 0. The molecule has 4 aromatic rings. The number of hydrogen-bond acceptors (Lipinski definition) is 5. The highest BCUT2D eigenvalue weighted by molar-refractivity contribution is 7.16. The van der Waals surface area contributed by atoms with E-state index < -0.39 is 6.04 Å². The van der Waals surface area contributed by atoms with Crippen LogP contribution in [-0.4, -0.2) is 10.9 Å². The second-order valence-corrected chi connectivity index (χ2v) is 9.31. The zero-order chi connectivity index (χ0) is 22.8. The van der Waals surface area contributed by atoms with Crippen LogP contribution >= 0.6 is 11.3 Å². The Bertz CT molecular complexity index is 1280. The molecule has 1 aromatic carbocycles. The first kappa shape index (κ1) is 21.4. The van der Waals surface area contributed by atoms with E-state index in [2.05, 4.69) is 15.6 Å². The maximum Gasteiger partial charge on any atom is 0.291 e. The van der Waals surface area contributed by atoms with Crippen molar-refractivity contribution in [1.29, 1.82) is 0 Å². The Hall–Kier alpha value is -3.45. The van der Waals surface area contributed by atoms with Gasteiger partial charge in [0, 0.05) is 22.2 Å². The SMILES string of the molecule is Cc1ccnc(N[C@H](c2ccccc2F)c2c(NC(=O)c3ccco3)sc3c2CCCC3)c1. The average molecular weight is 462 g/mol. The number of amides is 1. The highest BCUT2D eigenvalue weighted by Gasteiger charge is 2.30. The van der Waals surface area contributed by atoms with Crippen molar-refractivity contribution >= 4 is 28.1 Å². The first-order valence-electron chi connectivity index (χ1n) is 11.0. The Morgan fingerprint density at radius 1 is 1.15 bits per heavy atom. The van der Waals surface area contributed by atoms with Crippen LogP contribution < -0.4 is 10.6 Å². The van der Waals surface area contributed by atoms with E-state index in [1.54, 1.807) is 41.8 Å². The van der Waals surface area contributed by atoms with Crippen molar-refractivity contribution in [3.8, 4) is 0 Å². The topological polar surface area (TPSA) is 67.2 Å². The van der Waals surface area contributed by atoms with Crippen LogP contribution in [-0.2, 0) is 12.8 Å². The normalized spacial score (nSPS) is 13.9. The van der Waals surface area contributed by atoms with Crippen molar-refractivity contribution in [3.05, 3.63) is 99.7 Å². The van der Waals surface area contributed by atoms with Crippen LogP contribution in [0.5, 0.6) is 0 Å². The Morgan fingerprint density at radius 2 is 2.00 bits per heavy atom. The molecule has 1 aliphatic carbocycles. The molecule has 0 saturated carbocycles. The van der Waals surface area contributed by atoms with Crippen LogP contribution in [0.3, 0.4) is 0 Å². The van der Waals surface area contributed by atoms with Crippen molar-refractivity contribution in [3.63, 3.8) is 0 Å². The molecule has 3 aromatic heterocycles. The molecule has 0 fully saturated rings. The third-order valence-corrected chi connectivity index (χ3v) is 7.12. The van der Waals surface area contributed by atoms with Gasteiger partial charge in [-0.15, -0.1) is 11.3 Å². The van der Waals surface area contributed by atoms with E-state index >= 15 is 4.39 Å². The van der Waals surface area contributed by atoms with Gasteiger partial charge in [-0.2, -0.15) is 0 Å². The lowest BCUT2D eigenvalue weighted by Crippen LogP contribution is -2.19. The van der Waals surface area contributed by atoms with Gasteiger partial charge in [0.1, 0.15) is 16.6 Å². The first-order chi connectivity index (χ1) is 16.1. The molecule has 5 rings (SSSR count). The van der Waals surface area contributed by atoms with E-state index in [4.69, 9.17) is 4.42 Å². The van der Waals surface area contributed by atoms with E-state index in [1.165, 1.54) is 22.8 Å². The van der Waals surface area contributed by atoms with Crippen LogP contribution in [0.15, 0.2) is 65.4 Å². The molecule has 0 unspecified atom stereocenters. The zero-order valence-electron chi connectivity index (χ0n) is 18.2. The third kappa shape index (κ3) is 4.41. The number of aromatic nitrogens is 1. The van der Waals surface area contributed by atoms with Crippen molar-refractivity contribution in [2.24, 2.45) is 0 Å². The van der Waals surface area contributed by atoms with Crippen LogP contribution in [0.4, 0.5) is 15.2 Å². The van der Waals surface area contributed by atoms with Gasteiger partial charge in [0.15, 0.2) is 5.76 Å². The molecule has 0 radical (unpaired) electrons. The molecular weight excluding hydrogens is 437 g/mol. The monoisotopic (exact) mass is 461 g/mol. The predicted molar refractivity (Wildman–Crippen MR) is 128 cm³/mol. The number of benzene rings is 1. The lowest BCUT2D eigenvalue weighted by molar-refractivity contribution is 0.0997. The van der Waals surface area contributed by atoms with Gasteiger partial charge in [-0.25, -0.2) is 9.37 Å². The second kappa shape index (κ2) is 9.19. The summed E-state index contributed by atoms with van der Waals surface area (Å²) < 4.78 is 20.4. The minimum atomic E-state index is -0.509. The fourth-order valence-electron chi connectivity index (χ4n) is 4.34. The maximum atomic E-state index is 15.1. The van der Waals surface area contributed by atoms with E-state index in [9.17, 15) is 4.79 Å². The van der Waals surface area contributed by atoms with Gasteiger partial charge in [-0.3, -0.25) is 4.79 Å². The van der Waals surface area contributed by atoms with Crippen LogP contribution in [0.1, 0.15) is 56.6 Å². The second-order valence-electron chi connectivity index (χ2n) is 8.20. The van der Waals surface area contributed by atoms with E-state index in [-0.39, 0.29) is 17.5 Å².